The monoisotopic (exact) mass is 342 g/mol. The topological polar surface area (TPSA) is 66.7 Å². The average Bonchev–Trinajstić information content (AvgIpc) is 2.81. The van der Waals surface area contributed by atoms with Crippen LogP contribution in [0.25, 0.3) is 5.65 Å². The van der Waals surface area contributed by atoms with Gasteiger partial charge in [0.1, 0.15) is 5.65 Å². The standard InChI is InChI=1S/C19H26N4O2/c1-15-7-6-12-23-14-16(21-19(15)23)13-17(24)20-9-8-18(25)22-10-4-2-3-5-11-22/h6-7,12,14H,2-5,8-11,13H2,1H3,(H,20,24). The van der Waals surface area contributed by atoms with Gasteiger partial charge in [-0.2, -0.15) is 0 Å². The number of carbonyl (C=O) groups excluding carboxylic acids is 2. The number of hydrogen-bond acceptors (Lipinski definition) is 3. The Morgan fingerprint density at radius 3 is 2.68 bits per heavy atom. The fourth-order valence-electron chi connectivity index (χ4n) is 3.30. The van der Waals surface area contributed by atoms with Gasteiger partial charge in [-0.05, 0) is 31.4 Å². The number of hydrogen-bond donors (Lipinski definition) is 1. The molecule has 2 amide bonds. The second-order valence-electron chi connectivity index (χ2n) is 6.73. The number of amides is 2. The van der Waals surface area contributed by atoms with E-state index >= 15 is 0 Å². The fourth-order valence-corrected chi connectivity index (χ4v) is 3.30. The van der Waals surface area contributed by atoms with E-state index < -0.39 is 0 Å². The van der Waals surface area contributed by atoms with Gasteiger partial charge in [-0.15, -0.1) is 0 Å². The summed E-state index contributed by atoms with van der Waals surface area (Å²) in [6.45, 7) is 4.10. The molecular formula is C19H26N4O2. The summed E-state index contributed by atoms with van der Waals surface area (Å²) in [5.41, 5.74) is 2.70. The normalized spacial score (nSPS) is 15.2. The van der Waals surface area contributed by atoms with Crippen LogP contribution >= 0.6 is 0 Å². The van der Waals surface area contributed by atoms with Crippen LogP contribution in [0, 0.1) is 6.92 Å². The molecule has 3 rings (SSSR count). The second kappa shape index (κ2) is 8.14. The Hall–Kier alpha value is -2.37. The van der Waals surface area contributed by atoms with Crippen molar-refractivity contribution in [3.05, 3.63) is 35.8 Å². The largest absolute Gasteiger partial charge is 0.355 e. The van der Waals surface area contributed by atoms with Crippen molar-refractivity contribution in [2.45, 2.75) is 45.4 Å². The summed E-state index contributed by atoms with van der Waals surface area (Å²) >= 11 is 0. The van der Waals surface area contributed by atoms with Crippen molar-refractivity contribution >= 4 is 17.5 Å². The van der Waals surface area contributed by atoms with Crippen LogP contribution in [0.2, 0.25) is 0 Å². The third kappa shape index (κ3) is 4.59. The Kier molecular flexibility index (Phi) is 5.68. The molecule has 6 nitrogen and oxygen atoms in total. The van der Waals surface area contributed by atoms with Crippen molar-refractivity contribution in [2.75, 3.05) is 19.6 Å². The summed E-state index contributed by atoms with van der Waals surface area (Å²) < 4.78 is 1.93. The molecule has 0 aliphatic carbocycles. The van der Waals surface area contributed by atoms with Gasteiger partial charge in [-0.25, -0.2) is 4.98 Å². The summed E-state index contributed by atoms with van der Waals surface area (Å²) in [6, 6.07) is 3.96. The molecule has 0 unspecified atom stereocenters. The van der Waals surface area contributed by atoms with Gasteiger partial charge in [0, 0.05) is 38.4 Å². The third-order valence-corrected chi connectivity index (χ3v) is 4.69. The summed E-state index contributed by atoms with van der Waals surface area (Å²) in [4.78, 5) is 30.7. The van der Waals surface area contributed by atoms with Crippen LogP contribution in [0.3, 0.4) is 0 Å². The number of pyridine rings is 1. The van der Waals surface area contributed by atoms with Crippen LogP contribution in [-0.2, 0) is 16.0 Å². The first-order chi connectivity index (χ1) is 12.1. The molecule has 0 bridgehead atoms. The summed E-state index contributed by atoms with van der Waals surface area (Å²) in [5, 5.41) is 2.84. The summed E-state index contributed by atoms with van der Waals surface area (Å²) in [6.07, 6.45) is 9.00. The second-order valence-corrected chi connectivity index (χ2v) is 6.73. The molecule has 0 spiro atoms. The first kappa shape index (κ1) is 17.5. The van der Waals surface area contributed by atoms with Gasteiger partial charge >= 0.3 is 0 Å². The van der Waals surface area contributed by atoms with Crippen LogP contribution in [0.4, 0.5) is 0 Å². The predicted molar refractivity (Wildman–Crippen MR) is 96.3 cm³/mol. The first-order valence-corrected chi connectivity index (χ1v) is 9.11. The number of carbonyl (C=O) groups is 2. The SMILES string of the molecule is Cc1cccn2cc(CC(=O)NCCC(=O)N3CCCCCC3)nc12. The van der Waals surface area contributed by atoms with E-state index in [9.17, 15) is 9.59 Å². The Morgan fingerprint density at radius 2 is 1.96 bits per heavy atom. The number of nitrogens with one attached hydrogen (secondary N) is 1. The quantitative estimate of drug-likeness (QED) is 0.905. The van der Waals surface area contributed by atoms with Gasteiger partial charge in [-0.3, -0.25) is 9.59 Å². The molecule has 1 aliphatic rings. The van der Waals surface area contributed by atoms with Crippen molar-refractivity contribution in [3.63, 3.8) is 0 Å². The lowest BCUT2D eigenvalue weighted by molar-refractivity contribution is -0.131. The molecule has 25 heavy (non-hydrogen) atoms. The van der Waals surface area contributed by atoms with Gasteiger partial charge in [0.05, 0.1) is 12.1 Å². The number of likely N-dealkylation sites (tertiary alicyclic amines) is 1. The van der Waals surface area contributed by atoms with E-state index in [2.05, 4.69) is 10.3 Å². The van der Waals surface area contributed by atoms with Crippen molar-refractivity contribution in [3.8, 4) is 0 Å². The Balaban J connectivity index is 1.45. The van der Waals surface area contributed by atoms with E-state index in [0.29, 0.717) is 13.0 Å². The molecule has 3 heterocycles. The lowest BCUT2D eigenvalue weighted by Gasteiger charge is -2.20. The van der Waals surface area contributed by atoms with Crippen LogP contribution in [0.15, 0.2) is 24.5 Å². The first-order valence-electron chi connectivity index (χ1n) is 9.11. The molecule has 0 aromatic carbocycles. The maximum absolute atomic E-state index is 12.2. The van der Waals surface area contributed by atoms with Crippen molar-refractivity contribution in [1.29, 1.82) is 0 Å². The van der Waals surface area contributed by atoms with E-state index in [4.69, 9.17) is 0 Å². The van der Waals surface area contributed by atoms with E-state index in [1.807, 2.05) is 40.8 Å². The summed E-state index contributed by atoms with van der Waals surface area (Å²) in [5.74, 6) is 0.0512. The molecule has 1 aliphatic heterocycles. The minimum absolute atomic E-state index is 0.0928. The lowest BCUT2D eigenvalue weighted by atomic mass is 10.2. The zero-order valence-electron chi connectivity index (χ0n) is 14.8. The molecular weight excluding hydrogens is 316 g/mol. The van der Waals surface area contributed by atoms with Crippen LogP contribution in [-0.4, -0.2) is 45.7 Å². The molecule has 0 radical (unpaired) electrons. The summed E-state index contributed by atoms with van der Waals surface area (Å²) in [7, 11) is 0. The van der Waals surface area contributed by atoms with Gasteiger partial charge in [0.2, 0.25) is 11.8 Å². The maximum atomic E-state index is 12.2. The number of aromatic nitrogens is 2. The zero-order valence-corrected chi connectivity index (χ0v) is 14.8. The maximum Gasteiger partial charge on any atom is 0.226 e. The highest BCUT2D eigenvalue weighted by Crippen LogP contribution is 2.11. The Bertz CT molecular complexity index is 745. The van der Waals surface area contributed by atoms with Gasteiger partial charge in [0.15, 0.2) is 0 Å². The van der Waals surface area contributed by atoms with E-state index in [-0.39, 0.29) is 18.2 Å². The van der Waals surface area contributed by atoms with Gasteiger partial charge < -0.3 is 14.6 Å². The van der Waals surface area contributed by atoms with Gasteiger partial charge in [0.25, 0.3) is 0 Å². The number of fused-ring (bicyclic) bond motifs is 1. The Morgan fingerprint density at radius 1 is 1.20 bits per heavy atom. The number of nitrogens with zero attached hydrogens (tertiary/aromatic N) is 3. The van der Waals surface area contributed by atoms with Crippen molar-refractivity contribution in [2.24, 2.45) is 0 Å². The lowest BCUT2D eigenvalue weighted by Crippen LogP contribution is -2.35. The predicted octanol–water partition coefficient (Wildman–Crippen LogP) is 2.09. The van der Waals surface area contributed by atoms with Crippen LogP contribution < -0.4 is 5.32 Å². The zero-order chi connectivity index (χ0) is 17.6. The fraction of sp³-hybridized carbons (Fsp3) is 0.526. The van der Waals surface area contributed by atoms with Gasteiger partial charge in [-0.1, -0.05) is 18.9 Å². The number of aryl methyl sites for hydroxylation is 1. The molecule has 1 fully saturated rings. The number of rotatable bonds is 5. The highest BCUT2D eigenvalue weighted by atomic mass is 16.2. The minimum atomic E-state index is -0.0928. The van der Waals surface area contributed by atoms with Crippen LogP contribution in [0.1, 0.15) is 43.4 Å². The molecule has 1 saturated heterocycles. The minimum Gasteiger partial charge on any atom is -0.355 e. The number of imidazole rings is 1. The van der Waals surface area contributed by atoms with E-state index in [1.165, 1.54) is 12.8 Å². The molecule has 2 aromatic heterocycles. The van der Waals surface area contributed by atoms with Crippen molar-refractivity contribution < 1.29 is 9.59 Å². The molecule has 6 heteroatoms. The van der Waals surface area contributed by atoms with E-state index in [1.54, 1.807) is 0 Å². The Labute approximate surface area is 148 Å². The van der Waals surface area contributed by atoms with E-state index in [0.717, 1.165) is 42.8 Å². The molecule has 0 atom stereocenters. The molecule has 134 valence electrons. The highest BCUT2D eigenvalue weighted by molar-refractivity contribution is 5.80. The molecule has 0 saturated carbocycles. The molecule has 1 N–H and O–H groups in total. The third-order valence-electron chi connectivity index (χ3n) is 4.69. The van der Waals surface area contributed by atoms with Crippen molar-refractivity contribution in [1.82, 2.24) is 19.6 Å². The average molecular weight is 342 g/mol. The smallest absolute Gasteiger partial charge is 0.226 e. The molecule has 2 aromatic rings. The van der Waals surface area contributed by atoms with Crippen LogP contribution in [0.5, 0.6) is 0 Å². The highest BCUT2D eigenvalue weighted by Gasteiger charge is 2.15.